The Bertz CT molecular complexity index is 667. The van der Waals surface area contributed by atoms with E-state index in [4.69, 9.17) is 11.5 Å². The van der Waals surface area contributed by atoms with Crippen molar-refractivity contribution in [2.75, 3.05) is 13.1 Å². The summed E-state index contributed by atoms with van der Waals surface area (Å²) in [7, 11) is -4.01. The van der Waals surface area contributed by atoms with Gasteiger partial charge in [-0.2, -0.15) is 9.40 Å². The summed E-state index contributed by atoms with van der Waals surface area (Å²) in [6.45, 7) is 1.67. The molecule has 2 rings (SSSR count). The largest absolute Gasteiger partial charge is 0.478 e. The summed E-state index contributed by atoms with van der Waals surface area (Å²) in [5.41, 5.74) is -0.133. The third-order valence-corrected chi connectivity index (χ3v) is 4.88. The van der Waals surface area contributed by atoms with E-state index in [1.54, 1.807) is 0 Å². The van der Waals surface area contributed by atoms with Crippen molar-refractivity contribution in [3.63, 3.8) is 0 Å². The van der Waals surface area contributed by atoms with Crippen LogP contribution < -0.4 is 0 Å². The molecule has 8 heteroatoms. The average molecular weight is 297 g/mol. The smallest absolute Gasteiger partial charge is 0.340 e. The molecule has 0 saturated heterocycles. The van der Waals surface area contributed by atoms with Crippen LogP contribution in [0.4, 0.5) is 0 Å². The van der Waals surface area contributed by atoms with E-state index in [-0.39, 0.29) is 17.8 Å². The van der Waals surface area contributed by atoms with Crippen LogP contribution in [0.3, 0.4) is 0 Å². The monoisotopic (exact) mass is 297 g/mol. The second-order valence-corrected chi connectivity index (χ2v) is 6.63. The van der Waals surface area contributed by atoms with Gasteiger partial charge in [0.05, 0.1) is 6.54 Å². The van der Waals surface area contributed by atoms with Gasteiger partial charge in [-0.25, -0.2) is 13.2 Å². The maximum Gasteiger partial charge on any atom is 0.340 e. The number of sulfonamides is 1. The standard InChI is InChI=1S/C12H15N3O4S/c1-3-6-15(7-9-4-5-9)20(18,19)11-10(12(16)17)8(2)13-14-11/h1,9H,4-7H2,2H3,(H,13,14)(H,16,17). The molecule has 108 valence electrons. The summed E-state index contributed by atoms with van der Waals surface area (Å²) >= 11 is 0. The van der Waals surface area contributed by atoms with Crippen LogP contribution in [0, 0.1) is 25.2 Å². The molecule has 0 bridgehead atoms. The summed E-state index contributed by atoms with van der Waals surface area (Å²) in [6.07, 6.45) is 7.12. The number of hydrogen-bond acceptors (Lipinski definition) is 4. The Morgan fingerprint density at radius 3 is 2.75 bits per heavy atom. The highest BCUT2D eigenvalue weighted by molar-refractivity contribution is 7.89. The number of carbonyl (C=O) groups is 1. The lowest BCUT2D eigenvalue weighted by atomic mass is 10.3. The lowest BCUT2D eigenvalue weighted by Crippen LogP contribution is -2.34. The van der Waals surface area contributed by atoms with Crippen molar-refractivity contribution in [3.05, 3.63) is 11.3 Å². The maximum absolute atomic E-state index is 12.5. The summed E-state index contributed by atoms with van der Waals surface area (Å²) in [4.78, 5) is 11.2. The van der Waals surface area contributed by atoms with Crippen LogP contribution in [0.25, 0.3) is 0 Å². The zero-order chi connectivity index (χ0) is 14.9. The first-order valence-electron chi connectivity index (χ1n) is 6.09. The molecule has 1 fully saturated rings. The number of aromatic nitrogens is 2. The van der Waals surface area contributed by atoms with Crippen LogP contribution in [0.1, 0.15) is 28.9 Å². The van der Waals surface area contributed by atoms with Crippen molar-refractivity contribution >= 4 is 16.0 Å². The van der Waals surface area contributed by atoms with E-state index in [2.05, 4.69) is 16.1 Å². The quantitative estimate of drug-likeness (QED) is 0.742. The van der Waals surface area contributed by atoms with E-state index in [0.717, 1.165) is 17.1 Å². The third kappa shape index (κ3) is 2.69. The Morgan fingerprint density at radius 1 is 1.60 bits per heavy atom. The van der Waals surface area contributed by atoms with Gasteiger partial charge < -0.3 is 5.11 Å². The fourth-order valence-electron chi connectivity index (χ4n) is 1.91. The van der Waals surface area contributed by atoms with Crippen LogP contribution in [0.5, 0.6) is 0 Å². The molecule has 1 saturated carbocycles. The van der Waals surface area contributed by atoms with Gasteiger partial charge in [-0.05, 0) is 25.7 Å². The second-order valence-electron chi connectivity index (χ2n) is 4.78. The van der Waals surface area contributed by atoms with E-state index in [9.17, 15) is 13.2 Å². The summed E-state index contributed by atoms with van der Waals surface area (Å²) in [5.74, 6) is 1.26. The number of nitrogens with one attached hydrogen (secondary N) is 1. The van der Waals surface area contributed by atoms with Crippen molar-refractivity contribution < 1.29 is 18.3 Å². The summed E-state index contributed by atoms with van der Waals surface area (Å²) < 4.78 is 26.1. The van der Waals surface area contributed by atoms with Crippen molar-refractivity contribution in [2.24, 2.45) is 5.92 Å². The molecule has 0 amide bonds. The SMILES string of the molecule is C#CCN(CC1CC1)S(=O)(=O)c1n[nH]c(C)c1C(=O)O. The summed E-state index contributed by atoms with van der Waals surface area (Å²) in [5, 5.41) is 14.7. The molecule has 1 aliphatic carbocycles. The van der Waals surface area contributed by atoms with E-state index >= 15 is 0 Å². The Kier molecular flexibility index (Phi) is 3.83. The molecule has 0 spiro atoms. The van der Waals surface area contributed by atoms with Gasteiger partial charge in [0.1, 0.15) is 5.56 Å². The van der Waals surface area contributed by atoms with Crippen molar-refractivity contribution in [1.82, 2.24) is 14.5 Å². The molecule has 0 radical (unpaired) electrons. The summed E-state index contributed by atoms with van der Waals surface area (Å²) in [6, 6.07) is 0. The van der Waals surface area contributed by atoms with Crippen molar-refractivity contribution in [2.45, 2.75) is 24.8 Å². The first-order valence-corrected chi connectivity index (χ1v) is 7.53. The molecular formula is C12H15N3O4S. The third-order valence-electron chi connectivity index (χ3n) is 3.14. The van der Waals surface area contributed by atoms with Crippen LogP contribution in [0.15, 0.2) is 5.03 Å². The lowest BCUT2D eigenvalue weighted by molar-refractivity contribution is 0.0691. The number of aryl methyl sites for hydroxylation is 1. The molecule has 1 aliphatic rings. The molecule has 2 N–H and O–H groups in total. The average Bonchev–Trinajstić information content (AvgIpc) is 3.08. The molecule has 7 nitrogen and oxygen atoms in total. The van der Waals surface area contributed by atoms with Gasteiger partial charge in [-0.15, -0.1) is 6.42 Å². The molecular weight excluding hydrogens is 282 g/mol. The van der Waals surface area contributed by atoms with Crippen LogP contribution >= 0.6 is 0 Å². The first-order chi connectivity index (χ1) is 9.37. The number of hydrogen-bond donors (Lipinski definition) is 2. The number of carboxylic acid groups (broad SMARTS) is 1. The van der Waals surface area contributed by atoms with Gasteiger partial charge in [-0.1, -0.05) is 5.92 Å². The Morgan fingerprint density at radius 2 is 2.25 bits per heavy atom. The number of nitrogens with zero attached hydrogens (tertiary/aromatic N) is 2. The van der Waals surface area contributed by atoms with Gasteiger partial charge in [0.15, 0.2) is 0 Å². The highest BCUT2D eigenvalue weighted by atomic mass is 32.2. The lowest BCUT2D eigenvalue weighted by Gasteiger charge is -2.18. The molecule has 20 heavy (non-hydrogen) atoms. The van der Waals surface area contributed by atoms with Crippen LogP contribution in [-0.2, 0) is 10.0 Å². The van der Waals surface area contributed by atoms with Gasteiger partial charge in [0.2, 0.25) is 5.03 Å². The van der Waals surface area contributed by atoms with E-state index in [1.807, 2.05) is 0 Å². The number of rotatable bonds is 6. The Balaban J connectivity index is 2.42. The minimum atomic E-state index is -4.01. The predicted molar refractivity (Wildman–Crippen MR) is 70.6 cm³/mol. The molecule has 1 aromatic heterocycles. The highest BCUT2D eigenvalue weighted by Gasteiger charge is 2.36. The number of aromatic carboxylic acids is 1. The molecule has 0 unspecified atom stereocenters. The molecule has 0 atom stereocenters. The van der Waals surface area contributed by atoms with Crippen molar-refractivity contribution in [3.8, 4) is 12.3 Å². The fraction of sp³-hybridized carbons (Fsp3) is 0.500. The van der Waals surface area contributed by atoms with E-state index in [1.165, 1.54) is 6.92 Å². The minimum Gasteiger partial charge on any atom is -0.478 e. The number of aromatic amines is 1. The van der Waals surface area contributed by atoms with Crippen LogP contribution in [-0.4, -0.2) is 47.1 Å². The molecule has 1 aromatic rings. The Labute approximate surface area is 117 Å². The Hall–Kier alpha value is -1.85. The molecule has 0 aliphatic heterocycles. The zero-order valence-corrected chi connectivity index (χ0v) is 11.8. The van der Waals surface area contributed by atoms with Crippen molar-refractivity contribution in [1.29, 1.82) is 0 Å². The van der Waals surface area contributed by atoms with Gasteiger partial charge in [-0.3, -0.25) is 5.10 Å². The molecule has 1 heterocycles. The predicted octanol–water partition coefficient (Wildman–Crippen LogP) is 0.450. The van der Waals surface area contributed by atoms with E-state index in [0.29, 0.717) is 12.5 Å². The second kappa shape index (κ2) is 5.26. The van der Waals surface area contributed by atoms with Crippen LogP contribution in [0.2, 0.25) is 0 Å². The van der Waals surface area contributed by atoms with Gasteiger partial charge >= 0.3 is 5.97 Å². The maximum atomic E-state index is 12.5. The minimum absolute atomic E-state index is 0.0935. The first kappa shape index (κ1) is 14.6. The fourth-order valence-corrected chi connectivity index (χ4v) is 3.46. The topological polar surface area (TPSA) is 103 Å². The highest BCUT2D eigenvalue weighted by Crippen LogP contribution is 2.31. The molecule has 0 aromatic carbocycles. The van der Waals surface area contributed by atoms with E-state index < -0.39 is 21.0 Å². The zero-order valence-electron chi connectivity index (χ0n) is 11.0. The number of terminal acetylenes is 1. The normalized spacial score (nSPS) is 15.2. The number of H-pyrrole nitrogens is 1. The number of carboxylic acids is 1. The van der Waals surface area contributed by atoms with Gasteiger partial charge in [0, 0.05) is 12.2 Å². The van der Waals surface area contributed by atoms with Gasteiger partial charge in [0.25, 0.3) is 10.0 Å².